The van der Waals surface area contributed by atoms with Crippen molar-refractivity contribution in [1.29, 1.82) is 0 Å². The third-order valence-electron chi connectivity index (χ3n) is 3.58. The molecule has 0 aliphatic heterocycles. The predicted molar refractivity (Wildman–Crippen MR) is 106 cm³/mol. The van der Waals surface area contributed by atoms with Gasteiger partial charge in [-0.3, -0.25) is 4.79 Å². The number of carbonyl (C=O) groups is 1. The second kappa shape index (κ2) is 9.23. The number of ether oxygens (including phenoxy) is 1. The number of nitrogens with one attached hydrogen (secondary N) is 1. The van der Waals surface area contributed by atoms with Gasteiger partial charge < -0.3 is 10.1 Å². The van der Waals surface area contributed by atoms with Crippen molar-refractivity contribution in [2.45, 2.75) is 32.6 Å². The first kappa shape index (κ1) is 19.0. The molecule has 0 aromatic heterocycles. The average molecular weight is 455 g/mol. The van der Waals surface area contributed by atoms with Crippen LogP contribution in [0, 0.1) is 0 Å². The van der Waals surface area contributed by atoms with Gasteiger partial charge in [0.05, 0.1) is 16.8 Å². The summed E-state index contributed by atoms with van der Waals surface area (Å²) in [6.45, 7) is 4.82. The van der Waals surface area contributed by atoms with Crippen molar-refractivity contribution < 1.29 is 9.53 Å². The Labute approximate surface area is 160 Å². The fourth-order valence-electron chi connectivity index (χ4n) is 2.18. The number of amides is 1. The topological polar surface area (TPSA) is 38.3 Å². The number of anilines is 1. The van der Waals surface area contributed by atoms with Crippen molar-refractivity contribution in [2.24, 2.45) is 0 Å². The monoisotopic (exact) mass is 453 g/mol. The highest BCUT2D eigenvalue weighted by Crippen LogP contribution is 2.29. The van der Waals surface area contributed by atoms with Gasteiger partial charge in [0.2, 0.25) is 5.91 Å². The van der Waals surface area contributed by atoms with Crippen LogP contribution in [0.3, 0.4) is 0 Å². The van der Waals surface area contributed by atoms with Crippen LogP contribution in [0.5, 0.6) is 5.75 Å². The van der Waals surface area contributed by atoms with E-state index in [-0.39, 0.29) is 5.91 Å². The second-order valence-corrected chi connectivity index (χ2v) is 7.53. The minimum absolute atomic E-state index is 0.0141. The molecule has 2 aromatic carbocycles. The standard InChI is InChI=1S/C19H21Br2NO2/c1-13(2)14-9-10-18(16(21)12-14)24-11-5-8-19(23)22-17-7-4-3-6-15(17)20/h3-4,6-7,9-10,12-13H,5,8,11H2,1-2H3,(H,22,23). The molecule has 2 aromatic rings. The SMILES string of the molecule is CC(C)c1ccc(OCCCC(=O)Nc2ccccc2Br)c(Br)c1. The number of rotatable bonds is 7. The Kier molecular flexibility index (Phi) is 7.31. The number of carbonyl (C=O) groups excluding carboxylic acids is 1. The van der Waals surface area contributed by atoms with Gasteiger partial charge in [-0.2, -0.15) is 0 Å². The number of hydrogen-bond acceptors (Lipinski definition) is 2. The second-order valence-electron chi connectivity index (χ2n) is 5.82. The molecule has 0 unspecified atom stereocenters. The Morgan fingerprint density at radius 1 is 1.12 bits per heavy atom. The molecule has 0 radical (unpaired) electrons. The van der Waals surface area contributed by atoms with Crippen LogP contribution in [0.15, 0.2) is 51.4 Å². The van der Waals surface area contributed by atoms with Crippen molar-refractivity contribution in [3.05, 3.63) is 57.0 Å². The third kappa shape index (κ3) is 5.64. The Balaban J connectivity index is 1.77. The Hall–Kier alpha value is -1.33. The van der Waals surface area contributed by atoms with Gasteiger partial charge in [0, 0.05) is 10.9 Å². The minimum atomic E-state index is -0.0141. The number of benzene rings is 2. The van der Waals surface area contributed by atoms with Crippen LogP contribution in [-0.4, -0.2) is 12.5 Å². The van der Waals surface area contributed by atoms with Crippen molar-refractivity contribution in [1.82, 2.24) is 0 Å². The van der Waals surface area contributed by atoms with Crippen LogP contribution in [0.2, 0.25) is 0 Å². The van der Waals surface area contributed by atoms with Gasteiger partial charge in [-0.15, -0.1) is 0 Å². The van der Waals surface area contributed by atoms with Gasteiger partial charge in [0.15, 0.2) is 0 Å². The molecule has 0 aliphatic carbocycles. The smallest absolute Gasteiger partial charge is 0.224 e. The fourth-order valence-corrected chi connectivity index (χ4v) is 3.08. The molecule has 2 rings (SSSR count). The molecule has 0 saturated carbocycles. The molecule has 3 nitrogen and oxygen atoms in total. The van der Waals surface area contributed by atoms with Crippen LogP contribution in [0.25, 0.3) is 0 Å². The molecule has 1 amide bonds. The molecule has 0 atom stereocenters. The molecule has 0 bridgehead atoms. The summed E-state index contributed by atoms with van der Waals surface area (Å²) in [5, 5.41) is 2.89. The summed E-state index contributed by atoms with van der Waals surface area (Å²) >= 11 is 6.96. The highest BCUT2D eigenvalue weighted by molar-refractivity contribution is 9.11. The highest BCUT2D eigenvalue weighted by Gasteiger charge is 2.07. The third-order valence-corrected chi connectivity index (χ3v) is 4.89. The van der Waals surface area contributed by atoms with E-state index in [1.165, 1.54) is 5.56 Å². The molecule has 1 N–H and O–H groups in total. The zero-order valence-electron chi connectivity index (χ0n) is 13.8. The molecule has 24 heavy (non-hydrogen) atoms. The van der Waals surface area contributed by atoms with E-state index in [0.29, 0.717) is 25.4 Å². The average Bonchev–Trinajstić information content (AvgIpc) is 2.54. The van der Waals surface area contributed by atoms with E-state index in [1.807, 2.05) is 30.3 Å². The maximum Gasteiger partial charge on any atom is 0.224 e. The summed E-state index contributed by atoms with van der Waals surface area (Å²) in [4.78, 5) is 12.0. The van der Waals surface area contributed by atoms with Crippen molar-refractivity contribution in [2.75, 3.05) is 11.9 Å². The van der Waals surface area contributed by atoms with E-state index in [0.717, 1.165) is 20.4 Å². The zero-order valence-corrected chi connectivity index (χ0v) is 17.0. The van der Waals surface area contributed by atoms with Crippen LogP contribution < -0.4 is 10.1 Å². The molecule has 128 valence electrons. The van der Waals surface area contributed by atoms with E-state index >= 15 is 0 Å². The van der Waals surface area contributed by atoms with E-state index in [9.17, 15) is 4.79 Å². The van der Waals surface area contributed by atoms with Crippen molar-refractivity contribution >= 4 is 43.5 Å². The highest BCUT2D eigenvalue weighted by atomic mass is 79.9. The molecular formula is C19H21Br2NO2. The van der Waals surface area contributed by atoms with Crippen LogP contribution in [0.4, 0.5) is 5.69 Å². The van der Waals surface area contributed by atoms with E-state index < -0.39 is 0 Å². The lowest BCUT2D eigenvalue weighted by Gasteiger charge is -2.11. The summed E-state index contributed by atoms with van der Waals surface area (Å²) in [5.41, 5.74) is 2.05. The van der Waals surface area contributed by atoms with Crippen molar-refractivity contribution in [3.8, 4) is 5.75 Å². The van der Waals surface area contributed by atoms with E-state index in [2.05, 4.69) is 63.2 Å². The quantitative estimate of drug-likeness (QED) is 0.510. The molecular weight excluding hydrogens is 434 g/mol. The predicted octanol–water partition coefficient (Wildman–Crippen LogP) is 6.13. The van der Waals surface area contributed by atoms with Gasteiger partial charge in [-0.1, -0.05) is 32.0 Å². The van der Waals surface area contributed by atoms with Crippen LogP contribution in [-0.2, 0) is 4.79 Å². The lowest BCUT2D eigenvalue weighted by molar-refractivity contribution is -0.116. The minimum Gasteiger partial charge on any atom is -0.492 e. The maximum absolute atomic E-state index is 12.0. The summed E-state index contributed by atoms with van der Waals surface area (Å²) in [6.07, 6.45) is 1.08. The van der Waals surface area contributed by atoms with Gasteiger partial charge in [0.1, 0.15) is 5.75 Å². The summed E-state index contributed by atoms with van der Waals surface area (Å²) in [6, 6.07) is 13.7. The van der Waals surface area contributed by atoms with Crippen molar-refractivity contribution in [3.63, 3.8) is 0 Å². The van der Waals surface area contributed by atoms with E-state index in [4.69, 9.17) is 4.74 Å². The first-order valence-corrected chi connectivity index (χ1v) is 9.52. The first-order valence-electron chi connectivity index (χ1n) is 7.94. The number of hydrogen-bond donors (Lipinski definition) is 1. The summed E-state index contributed by atoms with van der Waals surface area (Å²) in [5.74, 6) is 1.28. The van der Waals surface area contributed by atoms with Gasteiger partial charge in [0.25, 0.3) is 0 Å². The number of para-hydroxylation sites is 1. The Morgan fingerprint density at radius 2 is 1.88 bits per heavy atom. The molecule has 0 fully saturated rings. The number of halogens is 2. The molecule has 0 spiro atoms. The van der Waals surface area contributed by atoms with Crippen LogP contribution >= 0.6 is 31.9 Å². The Morgan fingerprint density at radius 3 is 2.54 bits per heavy atom. The van der Waals surface area contributed by atoms with Gasteiger partial charge in [-0.25, -0.2) is 0 Å². The normalized spacial score (nSPS) is 10.7. The largest absolute Gasteiger partial charge is 0.492 e. The zero-order chi connectivity index (χ0) is 17.5. The molecule has 0 heterocycles. The Bertz CT molecular complexity index is 702. The first-order chi connectivity index (χ1) is 11.5. The van der Waals surface area contributed by atoms with E-state index in [1.54, 1.807) is 0 Å². The molecule has 0 saturated heterocycles. The maximum atomic E-state index is 12.0. The summed E-state index contributed by atoms with van der Waals surface area (Å²) in [7, 11) is 0. The van der Waals surface area contributed by atoms with Gasteiger partial charge >= 0.3 is 0 Å². The van der Waals surface area contributed by atoms with Crippen LogP contribution in [0.1, 0.15) is 38.2 Å². The summed E-state index contributed by atoms with van der Waals surface area (Å²) < 4.78 is 7.59. The lowest BCUT2D eigenvalue weighted by atomic mass is 10.0. The molecule has 0 aliphatic rings. The fraction of sp³-hybridized carbons (Fsp3) is 0.316. The lowest BCUT2D eigenvalue weighted by Crippen LogP contribution is -2.13. The molecule has 5 heteroatoms. The van der Waals surface area contributed by atoms with Gasteiger partial charge in [-0.05, 0) is 74.0 Å².